The van der Waals surface area contributed by atoms with Crippen molar-refractivity contribution < 1.29 is 8.42 Å². The van der Waals surface area contributed by atoms with Gasteiger partial charge in [0.15, 0.2) is 0 Å². The number of imidazole rings is 1. The van der Waals surface area contributed by atoms with E-state index in [-0.39, 0.29) is 11.8 Å². The Labute approximate surface area is 103 Å². The van der Waals surface area contributed by atoms with Gasteiger partial charge in [-0.25, -0.2) is 13.4 Å². The predicted octanol–water partition coefficient (Wildman–Crippen LogP) is 0.375. The van der Waals surface area contributed by atoms with Gasteiger partial charge in [-0.05, 0) is 13.0 Å². The van der Waals surface area contributed by atoms with Gasteiger partial charge < -0.3 is 9.88 Å². The van der Waals surface area contributed by atoms with Gasteiger partial charge in [0, 0.05) is 38.2 Å². The second kappa shape index (κ2) is 6.16. The van der Waals surface area contributed by atoms with E-state index in [1.807, 2.05) is 24.7 Å². The standard InChI is InChI=1S/C11H21N3O2S/c1-4-12-10(9-17(3,15)16)5-6-11-13-7-8-14(11)2/h7-8,10,12H,4-6,9H2,1-3H3. The zero-order chi connectivity index (χ0) is 12.9. The number of hydrogen-bond acceptors (Lipinski definition) is 4. The largest absolute Gasteiger partial charge is 0.338 e. The minimum atomic E-state index is -2.94. The number of sulfone groups is 1. The molecule has 98 valence electrons. The molecule has 0 saturated heterocycles. The van der Waals surface area contributed by atoms with Gasteiger partial charge in [0.2, 0.25) is 0 Å². The lowest BCUT2D eigenvalue weighted by Gasteiger charge is -2.16. The summed E-state index contributed by atoms with van der Waals surface area (Å²) in [6.07, 6.45) is 6.50. The summed E-state index contributed by atoms with van der Waals surface area (Å²) < 4.78 is 24.5. The van der Waals surface area contributed by atoms with Crippen molar-refractivity contribution in [3.8, 4) is 0 Å². The van der Waals surface area contributed by atoms with E-state index in [1.165, 1.54) is 6.26 Å². The number of hydrogen-bond donors (Lipinski definition) is 1. The third-order valence-corrected chi connectivity index (χ3v) is 3.64. The van der Waals surface area contributed by atoms with Crippen molar-refractivity contribution >= 4 is 9.84 Å². The highest BCUT2D eigenvalue weighted by atomic mass is 32.2. The number of nitrogens with one attached hydrogen (secondary N) is 1. The van der Waals surface area contributed by atoms with Crippen LogP contribution < -0.4 is 5.32 Å². The van der Waals surface area contributed by atoms with Crippen LogP contribution in [0.2, 0.25) is 0 Å². The Hall–Kier alpha value is -0.880. The number of aryl methyl sites for hydroxylation is 2. The van der Waals surface area contributed by atoms with Crippen LogP contribution in [0.15, 0.2) is 12.4 Å². The van der Waals surface area contributed by atoms with Crippen LogP contribution in [-0.2, 0) is 23.3 Å². The van der Waals surface area contributed by atoms with Crippen LogP contribution in [0.4, 0.5) is 0 Å². The lowest BCUT2D eigenvalue weighted by molar-refractivity contribution is 0.511. The number of nitrogens with zero attached hydrogens (tertiary/aromatic N) is 2. The first kappa shape index (κ1) is 14.2. The Kier molecular flexibility index (Phi) is 5.14. The molecule has 0 bridgehead atoms. The molecule has 1 N–H and O–H groups in total. The highest BCUT2D eigenvalue weighted by molar-refractivity contribution is 7.90. The summed E-state index contributed by atoms with van der Waals surface area (Å²) in [5.74, 6) is 1.17. The molecule has 0 aliphatic rings. The fraction of sp³-hybridized carbons (Fsp3) is 0.727. The van der Waals surface area contributed by atoms with Gasteiger partial charge in [-0.3, -0.25) is 0 Å². The van der Waals surface area contributed by atoms with Crippen LogP contribution in [0.1, 0.15) is 19.2 Å². The summed E-state index contributed by atoms with van der Waals surface area (Å²) in [5.41, 5.74) is 0. The van der Waals surface area contributed by atoms with Crippen molar-refractivity contribution in [1.29, 1.82) is 0 Å². The highest BCUT2D eigenvalue weighted by Crippen LogP contribution is 2.04. The Morgan fingerprint density at radius 3 is 2.71 bits per heavy atom. The van der Waals surface area contributed by atoms with Gasteiger partial charge in [0.05, 0.1) is 5.75 Å². The molecule has 1 aromatic rings. The zero-order valence-corrected chi connectivity index (χ0v) is 11.5. The van der Waals surface area contributed by atoms with Gasteiger partial charge in [0.25, 0.3) is 0 Å². The second-order valence-electron chi connectivity index (χ2n) is 4.34. The maximum Gasteiger partial charge on any atom is 0.148 e. The molecule has 1 heterocycles. The van der Waals surface area contributed by atoms with E-state index >= 15 is 0 Å². The summed E-state index contributed by atoms with van der Waals surface area (Å²) in [7, 11) is -0.991. The first-order valence-corrected chi connectivity index (χ1v) is 7.85. The normalized spacial score (nSPS) is 13.8. The van der Waals surface area contributed by atoms with Crippen molar-refractivity contribution in [2.24, 2.45) is 7.05 Å². The molecule has 0 aromatic carbocycles. The molecule has 0 spiro atoms. The van der Waals surface area contributed by atoms with Crippen LogP contribution >= 0.6 is 0 Å². The first-order valence-electron chi connectivity index (χ1n) is 5.79. The minimum Gasteiger partial charge on any atom is -0.338 e. The summed E-state index contributed by atoms with van der Waals surface area (Å²) in [6.45, 7) is 2.76. The van der Waals surface area contributed by atoms with Crippen molar-refractivity contribution in [3.63, 3.8) is 0 Å². The zero-order valence-electron chi connectivity index (χ0n) is 10.7. The van der Waals surface area contributed by atoms with Gasteiger partial charge in [-0.1, -0.05) is 6.92 Å². The molecule has 0 saturated carbocycles. The molecule has 5 nitrogen and oxygen atoms in total. The molecule has 6 heteroatoms. The molecule has 0 radical (unpaired) electrons. The topological polar surface area (TPSA) is 64.0 Å². The quantitative estimate of drug-likeness (QED) is 0.768. The molecule has 1 unspecified atom stereocenters. The second-order valence-corrected chi connectivity index (χ2v) is 6.52. The summed E-state index contributed by atoms with van der Waals surface area (Å²) >= 11 is 0. The fourth-order valence-corrected chi connectivity index (χ4v) is 2.85. The Morgan fingerprint density at radius 2 is 2.24 bits per heavy atom. The van der Waals surface area contributed by atoms with Crippen molar-refractivity contribution in [2.75, 3.05) is 18.6 Å². The van der Waals surface area contributed by atoms with Gasteiger partial charge in [0.1, 0.15) is 15.7 Å². The smallest absolute Gasteiger partial charge is 0.148 e. The van der Waals surface area contributed by atoms with E-state index in [0.717, 1.165) is 25.2 Å². The van der Waals surface area contributed by atoms with Crippen molar-refractivity contribution in [2.45, 2.75) is 25.8 Å². The van der Waals surface area contributed by atoms with Crippen molar-refractivity contribution in [3.05, 3.63) is 18.2 Å². The fourth-order valence-electron chi connectivity index (χ4n) is 1.84. The molecular formula is C11H21N3O2S. The minimum absolute atomic E-state index is 0.00620. The molecular weight excluding hydrogens is 238 g/mol. The SMILES string of the molecule is CCNC(CCc1nccn1C)CS(C)(=O)=O. The van der Waals surface area contributed by atoms with Crippen LogP contribution in [0.25, 0.3) is 0 Å². The maximum atomic E-state index is 11.3. The molecule has 0 aliphatic carbocycles. The summed E-state index contributed by atoms with van der Waals surface area (Å²) in [6, 6.07) is 0.00620. The molecule has 0 aliphatic heterocycles. The summed E-state index contributed by atoms with van der Waals surface area (Å²) in [4.78, 5) is 4.23. The predicted molar refractivity (Wildman–Crippen MR) is 68.7 cm³/mol. The van der Waals surface area contributed by atoms with E-state index in [2.05, 4.69) is 10.3 Å². The molecule has 1 rings (SSSR count). The Balaban J connectivity index is 2.53. The Bertz CT molecular complexity index is 439. The third kappa shape index (κ3) is 5.32. The lowest BCUT2D eigenvalue weighted by atomic mass is 10.2. The van der Waals surface area contributed by atoms with E-state index in [9.17, 15) is 8.42 Å². The van der Waals surface area contributed by atoms with Crippen LogP contribution in [0.5, 0.6) is 0 Å². The Morgan fingerprint density at radius 1 is 1.53 bits per heavy atom. The van der Waals surface area contributed by atoms with Crippen LogP contribution in [-0.4, -0.2) is 42.6 Å². The first-order chi connectivity index (χ1) is 7.92. The number of rotatable bonds is 7. The van der Waals surface area contributed by atoms with Gasteiger partial charge in [-0.15, -0.1) is 0 Å². The lowest BCUT2D eigenvalue weighted by Crippen LogP contribution is -2.35. The average molecular weight is 259 g/mol. The van der Waals surface area contributed by atoms with Crippen LogP contribution in [0.3, 0.4) is 0 Å². The van der Waals surface area contributed by atoms with Crippen LogP contribution in [0, 0.1) is 0 Å². The van der Waals surface area contributed by atoms with E-state index in [0.29, 0.717) is 0 Å². The maximum absolute atomic E-state index is 11.3. The monoisotopic (exact) mass is 259 g/mol. The molecule has 1 aromatic heterocycles. The highest BCUT2D eigenvalue weighted by Gasteiger charge is 2.15. The third-order valence-electron chi connectivity index (χ3n) is 2.63. The number of aromatic nitrogens is 2. The molecule has 0 amide bonds. The van der Waals surface area contributed by atoms with Gasteiger partial charge in [-0.2, -0.15) is 0 Å². The van der Waals surface area contributed by atoms with Crippen molar-refractivity contribution in [1.82, 2.24) is 14.9 Å². The van der Waals surface area contributed by atoms with Gasteiger partial charge >= 0.3 is 0 Å². The summed E-state index contributed by atoms with van der Waals surface area (Å²) in [5, 5.41) is 3.20. The average Bonchev–Trinajstić information content (AvgIpc) is 2.59. The molecule has 17 heavy (non-hydrogen) atoms. The molecule has 1 atom stereocenters. The van der Waals surface area contributed by atoms with E-state index in [4.69, 9.17) is 0 Å². The van der Waals surface area contributed by atoms with E-state index in [1.54, 1.807) is 6.20 Å². The molecule has 0 fully saturated rings. The van der Waals surface area contributed by atoms with E-state index < -0.39 is 9.84 Å².